The summed E-state index contributed by atoms with van der Waals surface area (Å²) in [7, 11) is 1.75. The van der Waals surface area contributed by atoms with Crippen molar-refractivity contribution < 1.29 is 4.92 Å². The van der Waals surface area contributed by atoms with Crippen LogP contribution < -0.4 is 4.90 Å². The maximum Gasteiger partial charge on any atom is 0.348 e. The standard InChI is InChI=1S/C11H11ClN4O2S/c1-15(5-4-8-3-2-6-19-8)11-9(16(17)18)10(12)13-7-14-11/h2-3,6-7H,4-5H2,1H3. The van der Waals surface area contributed by atoms with Gasteiger partial charge in [-0.1, -0.05) is 17.7 Å². The highest BCUT2D eigenvalue weighted by Crippen LogP contribution is 2.30. The lowest BCUT2D eigenvalue weighted by Crippen LogP contribution is -2.22. The van der Waals surface area contributed by atoms with E-state index in [2.05, 4.69) is 9.97 Å². The van der Waals surface area contributed by atoms with Gasteiger partial charge in [-0.15, -0.1) is 11.3 Å². The van der Waals surface area contributed by atoms with Gasteiger partial charge in [-0.05, 0) is 17.9 Å². The van der Waals surface area contributed by atoms with Crippen molar-refractivity contribution in [2.45, 2.75) is 6.42 Å². The van der Waals surface area contributed by atoms with E-state index in [0.717, 1.165) is 6.42 Å². The minimum atomic E-state index is -0.556. The minimum Gasteiger partial charge on any atom is -0.353 e. The summed E-state index contributed by atoms with van der Waals surface area (Å²) in [6.07, 6.45) is 2.03. The van der Waals surface area contributed by atoms with E-state index in [9.17, 15) is 10.1 Å². The Bertz CT molecular complexity index is 576. The molecule has 2 heterocycles. The summed E-state index contributed by atoms with van der Waals surface area (Å²) < 4.78 is 0. The molecule has 0 saturated heterocycles. The van der Waals surface area contributed by atoms with E-state index >= 15 is 0 Å². The second-order valence-corrected chi connectivity index (χ2v) is 5.23. The highest BCUT2D eigenvalue weighted by atomic mass is 35.5. The Morgan fingerprint density at radius 2 is 2.32 bits per heavy atom. The van der Waals surface area contributed by atoms with Crippen molar-refractivity contribution in [1.82, 2.24) is 9.97 Å². The van der Waals surface area contributed by atoms with Crippen molar-refractivity contribution in [3.8, 4) is 0 Å². The van der Waals surface area contributed by atoms with E-state index in [1.807, 2.05) is 17.5 Å². The van der Waals surface area contributed by atoms with Crippen molar-refractivity contribution in [1.29, 1.82) is 0 Å². The molecule has 2 rings (SSSR count). The van der Waals surface area contributed by atoms with Crippen LogP contribution in [-0.4, -0.2) is 28.5 Å². The van der Waals surface area contributed by atoms with E-state index in [-0.39, 0.29) is 16.7 Å². The summed E-state index contributed by atoms with van der Waals surface area (Å²) in [5.74, 6) is 0.238. The number of likely N-dealkylation sites (N-methyl/N-ethyl adjacent to an activating group) is 1. The zero-order valence-corrected chi connectivity index (χ0v) is 11.7. The van der Waals surface area contributed by atoms with Crippen LogP contribution in [0.5, 0.6) is 0 Å². The topological polar surface area (TPSA) is 72.2 Å². The van der Waals surface area contributed by atoms with Crippen molar-refractivity contribution in [3.05, 3.63) is 44.0 Å². The van der Waals surface area contributed by atoms with Crippen LogP contribution in [0.3, 0.4) is 0 Å². The lowest BCUT2D eigenvalue weighted by Gasteiger charge is -2.17. The predicted octanol–water partition coefficient (Wildman–Crippen LogP) is 2.78. The van der Waals surface area contributed by atoms with Crippen LogP contribution in [0.15, 0.2) is 23.8 Å². The van der Waals surface area contributed by atoms with Gasteiger partial charge in [-0.25, -0.2) is 9.97 Å². The van der Waals surface area contributed by atoms with Gasteiger partial charge in [0.15, 0.2) is 0 Å². The Kier molecular flexibility index (Phi) is 4.28. The van der Waals surface area contributed by atoms with Crippen molar-refractivity contribution in [2.75, 3.05) is 18.5 Å². The molecule has 100 valence electrons. The fraction of sp³-hybridized carbons (Fsp3) is 0.273. The maximum atomic E-state index is 11.0. The number of anilines is 1. The Labute approximate surface area is 118 Å². The van der Waals surface area contributed by atoms with E-state index in [1.54, 1.807) is 23.3 Å². The smallest absolute Gasteiger partial charge is 0.348 e. The quantitative estimate of drug-likeness (QED) is 0.482. The zero-order chi connectivity index (χ0) is 13.8. The van der Waals surface area contributed by atoms with Crippen LogP contribution in [0, 0.1) is 10.1 Å². The van der Waals surface area contributed by atoms with Crippen LogP contribution in [0.1, 0.15) is 4.88 Å². The van der Waals surface area contributed by atoms with Crippen LogP contribution >= 0.6 is 22.9 Å². The maximum absolute atomic E-state index is 11.0. The Morgan fingerprint density at radius 1 is 1.53 bits per heavy atom. The van der Waals surface area contributed by atoms with Gasteiger partial charge in [-0.3, -0.25) is 10.1 Å². The summed E-state index contributed by atoms with van der Waals surface area (Å²) >= 11 is 7.41. The molecule has 0 spiro atoms. The number of nitrogens with zero attached hydrogens (tertiary/aromatic N) is 4. The number of nitro groups is 1. The zero-order valence-electron chi connectivity index (χ0n) is 10.1. The van der Waals surface area contributed by atoms with Gasteiger partial charge in [0.1, 0.15) is 6.33 Å². The molecule has 0 atom stereocenters. The number of thiophene rings is 1. The van der Waals surface area contributed by atoms with Crippen molar-refractivity contribution >= 4 is 34.4 Å². The SMILES string of the molecule is CN(CCc1cccs1)c1ncnc(Cl)c1[N+](=O)[O-]. The molecule has 2 aromatic rings. The summed E-state index contributed by atoms with van der Waals surface area (Å²) in [6, 6.07) is 4.00. The summed E-state index contributed by atoms with van der Waals surface area (Å²) in [5, 5.41) is 12.9. The summed E-state index contributed by atoms with van der Waals surface area (Å²) in [5.41, 5.74) is -0.252. The molecule has 19 heavy (non-hydrogen) atoms. The molecule has 0 amide bonds. The van der Waals surface area contributed by atoms with E-state index in [0.29, 0.717) is 6.54 Å². The third kappa shape index (κ3) is 3.18. The first-order valence-electron chi connectivity index (χ1n) is 5.48. The average Bonchev–Trinajstić information content (AvgIpc) is 2.88. The molecule has 0 saturated carbocycles. The van der Waals surface area contributed by atoms with Crippen molar-refractivity contribution in [3.63, 3.8) is 0 Å². The lowest BCUT2D eigenvalue weighted by atomic mass is 10.3. The van der Waals surface area contributed by atoms with E-state index in [1.165, 1.54) is 11.2 Å². The molecule has 8 heteroatoms. The Hall–Kier alpha value is -1.73. The number of halogens is 1. The number of hydrogen-bond donors (Lipinski definition) is 0. The van der Waals surface area contributed by atoms with Crippen LogP contribution in [0.25, 0.3) is 0 Å². The Morgan fingerprint density at radius 3 is 2.95 bits per heavy atom. The summed E-state index contributed by atoms with van der Waals surface area (Å²) in [6.45, 7) is 0.620. The molecule has 0 aliphatic carbocycles. The molecule has 0 aromatic carbocycles. The average molecular weight is 299 g/mol. The predicted molar refractivity (Wildman–Crippen MR) is 75.0 cm³/mol. The van der Waals surface area contributed by atoms with Crippen molar-refractivity contribution in [2.24, 2.45) is 0 Å². The number of hydrogen-bond acceptors (Lipinski definition) is 6. The van der Waals surface area contributed by atoms with Gasteiger partial charge in [-0.2, -0.15) is 0 Å². The first-order chi connectivity index (χ1) is 9.09. The van der Waals surface area contributed by atoms with Crippen LogP contribution in [0.2, 0.25) is 5.15 Å². The van der Waals surface area contributed by atoms with Gasteiger partial charge in [0, 0.05) is 18.5 Å². The fourth-order valence-electron chi connectivity index (χ4n) is 1.62. The molecule has 6 nitrogen and oxygen atoms in total. The molecular formula is C11H11ClN4O2S. The van der Waals surface area contributed by atoms with Gasteiger partial charge in [0.05, 0.1) is 4.92 Å². The molecule has 0 fully saturated rings. The second-order valence-electron chi connectivity index (χ2n) is 3.84. The highest BCUT2D eigenvalue weighted by molar-refractivity contribution is 7.09. The molecule has 0 bridgehead atoms. The fourth-order valence-corrected chi connectivity index (χ4v) is 2.52. The molecule has 0 N–H and O–H groups in total. The third-order valence-electron chi connectivity index (χ3n) is 2.58. The number of aromatic nitrogens is 2. The molecule has 0 radical (unpaired) electrons. The van der Waals surface area contributed by atoms with E-state index in [4.69, 9.17) is 11.6 Å². The van der Waals surface area contributed by atoms with Crippen LogP contribution in [0.4, 0.5) is 11.5 Å². The van der Waals surface area contributed by atoms with E-state index < -0.39 is 4.92 Å². The van der Waals surface area contributed by atoms with Crippen LogP contribution in [-0.2, 0) is 6.42 Å². The van der Waals surface area contributed by atoms with Gasteiger partial charge < -0.3 is 4.90 Å². The molecule has 2 aromatic heterocycles. The molecule has 0 aliphatic rings. The second kappa shape index (κ2) is 5.94. The van der Waals surface area contributed by atoms with Gasteiger partial charge in [0.2, 0.25) is 11.0 Å². The normalized spacial score (nSPS) is 10.4. The highest BCUT2D eigenvalue weighted by Gasteiger charge is 2.24. The molecular weight excluding hydrogens is 288 g/mol. The molecule has 0 unspecified atom stereocenters. The third-order valence-corrected chi connectivity index (χ3v) is 3.79. The Balaban J connectivity index is 2.16. The lowest BCUT2D eigenvalue weighted by molar-refractivity contribution is -0.384. The first kappa shape index (κ1) is 13.7. The first-order valence-corrected chi connectivity index (χ1v) is 6.73. The number of rotatable bonds is 5. The minimum absolute atomic E-state index is 0.141. The largest absolute Gasteiger partial charge is 0.353 e. The van der Waals surface area contributed by atoms with Gasteiger partial charge >= 0.3 is 5.69 Å². The monoisotopic (exact) mass is 298 g/mol. The molecule has 0 aliphatic heterocycles. The van der Waals surface area contributed by atoms with Gasteiger partial charge in [0.25, 0.3) is 0 Å². The summed E-state index contributed by atoms with van der Waals surface area (Å²) in [4.78, 5) is 21.0.